The maximum atomic E-state index is 15.3. The summed E-state index contributed by atoms with van der Waals surface area (Å²) in [6, 6.07) is 4.31. The van der Waals surface area contributed by atoms with E-state index in [4.69, 9.17) is 9.47 Å². The number of halogens is 3. The molecule has 3 heterocycles. The van der Waals surface area contributed by atoms with Gasteiger partial charge < -0.3 is 24.1 Å². The van der Waals surface area contributed by atoms with E-state index in [1.807, 2.05) is 13.0 Å². The highest BCUT2D eigenvalue weighted by Gasteiger charge is 2.32. The molecule has 38 heavy (non-hydrogen) atoms. The van der Waals surface area contributed by atoms with E-state index in [-0.39, 0.29) is 25.3 Å². The molecule has 1 aliphatic heterocycles. The first-order valence-electron chi connectivity index (χ1n) is 12.4. The molecule has 4 rings (SSSR count). The smallest absolute Gasteiger partial charge is 0.410 e. The lowest BCUT2D eigenvalue weighted by Crippen LogP contribution is -2.48. The molecule has 1 aliphatic rings. The van der Waals surface area contributed by atoms with Crippen molar-refractivity contribution in [3.63, 3.8) is 0 Å². The monoisotopic (exact) mass is 532 g/mol. The summed E-state index contributed by atoms with van der Waals surface area (Å²) in [4.78, 5) is 30.6. The molecule has 0 aliphatic carbocycles. The topological polar surface area (TPSA) is 85.2 Å². The van der Waals surface area contributed by atoms with E-state index in [9.17, 15) is 14.0 Å². The Morgan fingerprint density at radius 2 is 1.95 bits per heavy atom. The molecule has 1 saturated heterocycles. The highest BCUT2D eigenvalue weighted by atomic mass is 19.2. The van der Waals surface area contributed by atoms with E-state index >= 15 is 8.78 Å². The number of rotatable bonds is 5. The SMILES string of the molecule is CCc1ccn2c(C[C@H]3CN(C(=O)OC(C)(C)C)CCO3)c(-c3c(F)cc(C(=O)NC)c(F)c3F)nc2c1. The number of nitrogens with zero attached hydrogens (tertiary/aromatic N) is 3. The van der Waals surface area contributed by atoms with Crippen molar-refractivity contribution in [2.24, 2.45) is 0 Å². The number of ether oxygens (including phenoxy) is 2. The number of carbonyl (C=O) groups excluding carboxylic acids is 2. The van der Waals surface area contributed by atoms with Gasteiger partial charge in [-0.15, -0.1) is 0 Å². The van der Waals surface area contributed by atoms with Crippen molar-refractivity contribution in [1.82, 2.24) is 19.6 Å². The Labute approximate surface area is 218 Å². The van der Waals surface area contributed by atoms with Gasteiger partial charge >= 0.3 is 6.09 Å². The molecule has 0 spiro atoms. The van der Waals surface area contributed by atoms with Crippen LogP contribution >= 0.6 is 0 Å². The van der Waals surface area contributed by atoms with E-state index in [2.05, 4.69) is 10.3 Å². The Kier molecular flexibility index (Phi) is 7.68. The van der Waals surface area contributed by atoms with Gasteiger partial charge in [0, 0.05) is 26.2 Å². The number of pyridine rings is 1. The maximum Gasteiger partial charge on any atom is 0.410 e. The van der Waals surface area contributed by atoms with Crippen molar-refractivity contribution >= 4 is 17.6 Å². The van der Waals surface area contributed by atoms with Crippen molar-refractivity contribution in [3.05, 3.63) is 58.7 Å². The molecule has 3 aromatic rings. The Balaban J connectivity index is 1.77. The van der Waals surface area contributed by atoms with Crippen molar-refractivity contribution in [1.29, 1.82) is 0 Å². The number of amides is 2. The first-order valence-corrected chi connectivity index (χ1v) is 12.4. The summed E-state index contributed by atoms with van der Waals surface area (Å²) in [6.45, 7) is 8.05. The summed E-state index contributed by atoms with van der Waals surface area (Å²) in [7, 11) is 1.24. The molecule has 0 saturated carbocycles. The van der Waals surface area contributed by atoms with Gasteiger partial charge in [0.25, 0.3) is 5.91 Å². The number of benzene rings is 1. The van der Waals surface area contributed by atoms with Crippen molar-refractivity contribution in [3.8, 4) is 11.3 Å². The lowest BCUT2D eigenvalue weighted by atomic mass is 10.0. The van der Waals surface area contributed by atoms with Crippen LogP contribution in [0.25, 0.3) is 16.9 Å². The van der Waals surface area contributed by atoms with Gasteiger partial charge in [0.1, 0.15) is 17.1 Å². The molecule has 0 bridgehead atoms. The lowest BCUT2D eigenvalue weighted by molar-refractivity contribution is -0.0418. The van der Waals surface area contributed by atoms with E-state index in [1.165, 1.54) is 11.9 Å². The zero-order valence-corrected chi connectivity index (χ0v) is 22.0. The second kappa shape index (κ2) is 10.6. The maximum absolute atomic E-state index is 15.3. The largest absolute Gasteiger partial charge is 0.444 e. The second-order valence-corrected chi connectivity index (χ2v) is 10.1. The average molecular weight is 533 g/mol. The highest BCUT2D eigenvalue weighted by Crippen LogP contribution is 2.33. The zero-order valence-electron chi connectivity index (χ0n) is 22.0. The molecule has 1 fully saturated rings. The summed E-state index contributed by atoms with van der Waals surface area (Å²) >= 11 is 0. The molecule has 11 heteroatoms. The number of fused-ring (bicyclic) bond motifs is 1. The first-order chi connectivity index (χ1) is 17.9. The summed E-state index contributed by atoms with van der Waals surface area (Å²) in [5.74, 6) is -5.05. The zero-order chi connectivity index (χ0) is 27.8. The number of aromatic nitrogens is 2. The second-order valence-electron chi connectivity index (χ2n) is 10.1. The Bertz CT molecular complexity index is 1380. The molecular formula is C27H31F3N4O4. The number of nitrogens with one attached hydrogen (secondary N) is 1. The van der Waals surface area contributed by atoms with Crippen LogP contribution < -0.4 is 5.32 Å². The molecule has 1 N–H and O–H groups in total. The summed E-state index contributed by atoms with van der Waals surface area (Å²) in [5, 5.41) is 2.17. The third-order valence-corrected chi connectivity index (χ3v) is 6.28. The number of carbonyl (C=O) groups is 2. The number of hydrogen-bond acceptors (Lipinski definition) is 5. The molecule has 2 aromatic heterocycles. The van der Waals surface area contributed by atoms with Gasteiger partial charge in [-0.1, -0.05) is 6.92 Å². The van der Waals surface area contributed by atoms with Crippen molar-refractivity contribution in [2.45, 2.75) is 52.2 Å². The van der Waals surface area contributed by atoms with Crippen LogP contribution in [0.1, 0.15) is 49.3 Å². The predicted molar refractivity (Wildman–Crippen MR) is 135 cm³/mol. The third-order valence-electron chi connectivity index (χ3n) is 6.28. The van der Waals surface area contributed by atoms with Crippen LogP contribution in [0.4, 0.5) is 18.0 Å². The molecule has 0 radical (unpaired) electrons. The van der Waals surface area contributed by atoms with Crippen LogP contribution in [0, 0.1) is 17.5 Å². The molecule has 2 amide bonds. The molecule has 1 atom stereocenters. The minimum absolute atomic E-state index is 0.103. The quantitative estimate of drug-likeness (QED) is 0.489. The third kappa shape index (κ3) is 5.47. The minimum Gasteiger partial charge on any atom is -0.444 e. The highest BCUT2D eigenvalue weighted by molar-refractivity contribution is 5.95. The van der Waals surface area contributed by atoms with Crippen LogP contribution in [-0.2, 0) is 22.3 Å². The van der Waals surface area contributed by atoms with E-state index < -0.39 is 52.3 Å². The van der Waals surface area contributed by atoms with Crippen LogP contribution in [0.5, 0.6) is 0 Å². The fourth-order valence-corrected chi connectivity index (χ4v) is 4.42. The van der Waals surface area contributed by atoms with E-state index in [0.717, 1.165) is 5.56 Å². The van der Waals surface area contributed by atoms with E-state index in [1.54, 1.807) is 37.4 Å². The van der Waals surface area contributed by atoms with Crippen molar-refractivity contribution < 1.29 is 32.2 Å². The normalized spacial score (nSPS) is 16.1. The molecular weight excluding hydrogens is 501 g/mol. The lowest BCUT2D eigenvalue weighted by Gasteiger charge is -2.34. The fraction of sp³-hybridized carbons (Fsp3) is 0.444. The molecule has 204 valence electrons. The standard InChI is InChI=1S/C27H31F3N4O4/c1-6-15-7-8-34-19(12-16-14-33(9-10-37-16)26(36)38-27(2,3)4)24(32-20(34)11-15)21-18(28)13-17(25(35)31-5)22(29)23(21)30/h7-8,11,13,16H,6,9-10,12,14H2,1-5H3,(H,31,35)/t16-/m0/s1. The Morgan fingerprint density at radius 3 is 2.61 bits per heavy atom. The van der Waals surface area contributed by atoms with Crippen molar-refractivity contribution in [2.75, 3.05) is 26.7 Å². The first kappa shape index (κ1) is 27.4. The van der Waals surface area contributed by atoms with Gasteiger partial charge in [-0.3, -0.25) is 4.79 Å². The predicted octanol–water partition coefficient (Wildman–Crippen LogP) is 4.52. The van der Waals surface area contributed by atoms with Crippen LogP contribution in [0.3, 0.4) is 0 Å². The number of morpholine rings is 1. The Morgan fingerprint density at radius 1 is 1.21 bits per heavy atom. The number of hydrogen-bond donors (Lipinski definition) is 1. The number of aryl methyl sites for hydroxylation is 1. The van der Waals surface area contributed by atoms with Gasteiger partial charge in [-0.05, 0) is 51.0 Å². The fourth-order valence-electron chi connectivity index (χ4n) is 4.42. The summed E-state index contributed by atoms with van der Waals surface area (Å²) in [5.41, 5.74) is -0.440. The molecule has 8 nitrogen and oxygen atoms in total. The van der Waals surface area contributed by atoms with E-state index in [0.29, 0.717) is 30.4 Å². The summed E-state index contributed by atoms with van der Waals surface area (Å²) < 4.78 is 58.5. The number of imidazole rings is 1. The van der Waals surface area contributed by atoms with Gasteiger partial charge in [0.15, 0.2) is 11.6 Å². The Hall–Kier alpha value is -3.60. The van der Waals surface area contributed by atoms with Gasteiger partial charge in [0.2, 0.25) is 0 Å². The van der Waals surface area contributed by atoms with Crippen LogP contribution in [-0.4, -0.2) is 64.7 Å². The average Bonchev–Trinajstić information content (AvgIpc) is 3.21. The summed E-state index contributed by atoms with van der Waals surface area (Å²) in [6.07, 6.45) is 1.55. The van der Waals surface area contributed by atoms with Gasteiger partial charge in [-0.2, -0.15) is 0 Å². The van der Waals surface area contributed by atoms with Crippen LogP contribution in [0.15, 0.2) is 24.4 Å². The molecule has 0 unspecified atom stereocenters. The van der Waals surface area contributed by atoms with Gasteiger partial charge in [-0.25, -0.2) is 22.9 Å². The molecule has 1 aromatic carbocycles. The minimum atomic E-state index is -1.51. The van der Waals surface area contributed by atoms with Gasteiger partial charge in [0.05, 0.1) is 41.8 Å². The van der Waals surface area contributed by atoms with Crippen LogP contribution in [0.2, 0.25) is 0 Å².